The van der Waals surface area contributed by atoms with Gasteiger partial charge in [-0.25, -0.2) is 0 Å². The maximum Gasteiger partial charge on any atom is 0.221 e. The van der Waals surface area contributed by atoms with E-state index in [1.165, 1.54) is 5.56 Å². The summed E-state index contributed by atoms with van der Waals surface area (Å²) in [5, 5.41) is 5.87. The number of hydrogen-bond donors (Lipinski definition) is 2. The number of carbonyl (C=O) groups excluding carboxylic acids is 1. The van der Waals surface area contributed by atoms with Gasteiger partial charge < -0.3 is 15.5 Å². The van der Waals surface area contributed by atoms with Gasteiger partial charge in [-0.1, -0.05) is 30.3 Å². The molecule has 0 fully saturated rings. The van der Waals surface area contributed by atoms with Crippen molar-refractivity contribution in [2.45, 2.75) is 13.0 Å². The monoisotopic (exact) mass is 249 g/mol. The Kier molecular flexibility index (Phi) is 7.06. The highest BCUT2D eigenvalue weighted by Gasteiger charge is 2.02. The minimum Gasteiger partial charge on any atom is -0.355 e. The van der Waals surface area contributed by atoms with E-state index < -0.39 is 0 Å². The first kappa shape index (κ1) is 14.7. The zero-order valence-corrected chi connectivity index (χ0v) is 11.3. The lowest BCUT2D eigenvalue weighted by molar-refractivity contribution is -0.121. The molecule has 0 aliphatic heterocycles. The SMILES string of the molecule is CNCCC(=O)NCCN(C)Cc1ccccc1. The number of nitrogens with zero attached hydrogens (tertiary/aromatic N) is 1. The van der Waals surface area contributed by atoms with Gasteiger partial charge in [0.05, 0.1) is 0 Å². The van der Waals surface area contributed by atoms with Crippen molar-refractivity contribution in [3.8, 4) is 0 Å². The van der Waals surface area contributed by atoms with Crippen LogP contribution in [0.25, 0.3) is 0 Å². The van der Waals surface area contributed by atoms with Crippen LogP contribution in [0.15, 0.2) is 30.3 Å². The Bertz CT molecular complexity index is 340. The fraction of sp³-hybridized carbons (Fsp3) is 0.500. The molecule has 0 radical (unpaired) electrons. The highest BCUT2D eigenvalue weighted by Crippen LogP contribution is 2.01. The maximum atomic E-state index is 11.4. The Morgan fingerprint density at radius 3 is 2.61 bits per heavy atom. The van der Waals surface area contributed by atoms with Gasteiger partial charge in [-0.3, -0.25) is 4.79 Å². The molecule has 0 spiro atoms. The first-order valence-electron chi connectivity index (χ1n) is 6.36. The molecule has 0 unspecified atom stereocenters. The van der Waals surface area contributed by atoms with E-state index in [1.807, 2.05) is 25.2 Å². The second kappa shape index (κ2) is 8.66. The maximum absolute atomic E-state index is 11.4. The summed E-state index contributed by atoms with van der Waals surface area (Å²) in [4.78, 5) is 13.6. The van der Waals surface area contributed by atoms with Gasteiger partial charge in [0.15, 0.2) is 0 Å². The van der Waals surface area contributed by atoms with Crippen molar-refractivity contribution >= 4 is 5.91 Å². The molecule has 2 N–H and O–H groups in total. The summed E-state index contributed by atoms with van der Waals surface area (Å²) in [6.07, 6.45) is 0.541. The van der Waals surface area contributed by atoms with Crippen LogP contribution in [0.2, 0.25) is 0 Å². The average Bonchev–Trinajstić information content (AvgIpc) is 2.37. The molecule has 1 aromatic rings. The summed E-state index contributed by atoms with van der Waals surface area (Å²) in [5.41, 5.74) is 1.29. The first-order valence-corrected chi connectivity index (χ1v) is 6.36. The second-order valence-electron chi connectivity index (χ2n) is 4.43. The van der Waals surface area contributed by atoms with Gasteiger partial charge in [-0.2, -0.15) is 0 Å². The van der Waals surface area contributed by atoms with Crippen molar-refractivity contribution < 1.29 is 4.79 Å². The van der Waals surface area contributed by atoms with E-state index >= 15 is 0 Å². The molecule has 0 aromatic heterocycles. The summed E-state index contributed by atoms with van der Waals surface area (Å²) in [7, 11) is 3.91. The van der Waals surface area contributed by atoms with Crippen LogP contribution in [-0.2, 0) is 11.3 Å². The van der Waals surface area contributed by atoms with E-state index in [4.69, 9.17) is 0 Å². The lowest BCUT2D eigenvalue weighted by Gasteiger charge is -2.17. The Balaban J connectivity index is 2.14. The number of carbonyl (C=O) groups is 1. The predicted octanol–water partition coefficient (Wildman–Crippen LogP) is 0.844. The Labute approximate surface area is 109 Å². The number of likely N-dealkylation sites (N-methyl/N-ethyl adjacent to an activating group) is 1. The first-order chi connectivity index (χ1) is 8.72. The summed E-state index contributed by atoms with van der Waals surface area (Å²) in [6.45, 7) is 3.20. The molecule has 18 heavy (non-hydrogen) atoms. The zero-order valence-electron chi connectivity index (χ0n) is 11.3. The lowest BCUT2D eigenvalue weighted by Crippen LogP contribution is -2.33. The van der Waals surface area contributed by atoms with Gasteiger partial charge in [-0.15, -0.1) is 0 Å². The fourth-order valence-corrected chi connectivity index (χ4v) is 1.69. The van der Waals surface area contributed by atoms with Crippen LogP contribution < -0.4 is 10.6 Å². The lowest BCUT2D eigenvalue weighted by atomic mass is 10.2. The van der Waals surface area contributed by atoms with E-state index in [9.17, 15) is 4.79 Å². The van der Waals surface area contributed by atoms with Crippen molar-refractivity contribution in [2.75, 3.05) is 33.7 Å². The molecular weight excluding hydrogens is 226 g/mol. The molecule has 1 rings (SSSR count). The number of rotatable bonds is 8. The Hall–Kier alpha value is -1.39. The number of nitrogens with one attached hydrogen (secondary N) is 2. The van der Waals surface area contributed by atoms with Crippen LogP contribution in [0.1, 0.15) is 12.0 Å². The second-order valence-corrected chi connectivity index (χ2v) is 4.43. The molecule has 0 saturated heterocycles. The molecule has 0 heterocycles. The number of amides is 1. The molecular formula is C14H23N3O. The quantitative estimate of drug-likeness (QED) is 0.718. The van der Waals surface area contributed by atoms with E-state index in [-0.39, 0.29) is 5.91 Å². The predicted molar refractivity (Wildman–Crippen MR) is 74.3 cm³/mol. The summed E-state index contributed by atoms with van der Waals surface area (Å²) in [6, 6.07) is 10.3. The molecule has 1 amide bonds. The number of benzene rings is 1. The van der Waals surface area contributed by atoms with Crippen LogP contribution in [-0.4, -0.2) is 44.5 Å². The molecule has 0 saturated carbocycles. The highest BCUT2D eigenvalue weighted by atomic mass is 16.1. The van der Waals surface area contributed by atoms with Crippen molar-refractivity contribution in [1.82, 2.24) is 15.5 Å². The molecule has 4 nitrogen and oxygen atoms in total. The molecule has 0 aliphatic rings. The summed E-state index contributed by atoms with van der Waals surface area (Å²) < 4.78 is 0. The fourth-order valence-electron chi connectivity index (χ4n) is 1.69. The normalized spacial score (nSPS) is 10.6. The molecule has 4 heteroatoms. The van der Waals surface area contributed by atoms with E-state index in [0.29, 0.717) is 13.0 Å². The van der Waals surface area contributed by atoms with Crippen LogP contribution in [0, 0.1) is 0 Å². The van der Waals surface area contributed by atoms with Crippen molar-refractivity contribution in [3.63, 3.8) is 0 Å². The van der Waals surface area contributed by atoms with Crippen molar-refractivity contribution in [3.05, 3.63) is 35.9 Å². The van der Waals surface area contributed by atoms with Gasteiger partial charge >= 0.3 is 0 Å². The third kappa shape index (κ3) is 6.37. The van der Waals surface area contributed by atoms with Gasteiger partial charge in [-0.05, 0) is 19.7 Å². The topological polar surface area (TPSA) is 44.4 Å². The van der Waals surface area contributed by atoms with Gasteiger partial charge in [0, 0.05) is 32.6 Å². The van der Waals surface area contributed by atoms with E-state index in [1.54, 1.807) is 0 Å². The third-order valence-electron chi connectivity index (χ3n) is 2.71. The standard InChI is InChI=1S/C14H23N3O/c1-15-9-8-14(18)16-10-11-17(2)12-13-6-4-3-5-7-13/h3-7,15H,8-12H2,1-2H3,(H,16,18). The minimum absolute atomic E-state index is 0.109. The van der Waals surface area contributed by atoms with Crippen LogP contribution in [0.3, 0.4) is 0 Å². The minimum atomic E-state index is 0.109. The molecule has 0 bridgehead atoms. The average molecular weight is 249 g/mol. The highest BCUT2D eigenvalue weighted by molar-refractivity contribution is 5.76. The third-order valence-corrected chi connectivity index (χ3v) is 2.71. The number of hydrogen-bond acceptors (Lipinski definition) is 3. The zero-order chi connectivity index (χ0) is 13.2. The molecule has 1 aromatic carbocycles. The van der Waals surface area contributed by atoms with Crippen LogP contribution >= 0.6 is 0 Å². The van der Waals surface area contributed by atoms with Gasteiger partial charge in [0.1, 0.15) is 0 Å². The molecule has 0 atom stereocenters. The van der Waals surface area contributed by atoms with E-state index in [2.05, 4.69) is 34.7 Å². The Morgan fingerprint density at radius 1 is 1.22 bits per heavy atom. The van der Waals surface area contributed by atoms with Crippen molar-refractivity contribution in [2.24, 2.45) is 0 Å². The van der Waals surface area contributed by atoms with E-state index in [0.717, 1.165) is 19.6 Å². The smallest absolute Gasteiger partial charge is 0.221 e. The van der Waals surface area contributed by atoms with Crippen LogP contribution in [0.4, 0.5) is 0 Å². The Morgan fingerprint density at radius 2 is 1.94 bits per heavy atom. The summed E-state index contributed by atoms with van der Waals surface area (Å²) >= 11 is 0. The van der Waals surface area contributed by atoms with Gasteiger partial charge in [0.25, 0.3) is 0 Å². The van der Waals surface area contributed by atoms with Crippen molar-refractivity contribution in [1.29, 1.82) is 0 Å². The largest absolute Gasteiger partial charge is 0.355 e. The molecule has 0 aliphatic carbocycles. The van der Waals surface area contributed by atoms with Gasteiger partial charge in [0.2, 0.25) is 5.91 Å². The summed E-state index contributed by atoms with van der Waals surface area (Å²) in [5.74, 6) is 0.109. The van der Waals surface area contributed by atoms with Crippen LogP contribution in [0.5, 0.6) is 0 Å². The molecule has 100 valence electrons.